The fraction of sp³-hybridized carbons (Fsp3) is 0.364. The van der Waals surface area contributed by atoms with E-state index in [-0.39, 0.29) is 6.04 Å². The molecule has 1 aromatic carbocycles. The van der Waals surface area contributed by atoms with E-state index in [4.69, 9.17) is 16.9 Å². The van der Waals surface area contributed by atoms with Crippen LogP contribution in [0.25, 0.3) is 0 Å². The lowest BCUT2D eigenvalue weighted by Crippen LogP contribution is -2.24. The lowest BCUT2D eigenvalue weighted by molar-refractivity contribution is 0.557. The molecule has 1 N–H and O–H groups in total. The molecule has 1 rings (SSSR count). The smallest absolute Gasteiger partial charge is 0.0638 e. The summed E-state index contributed by atoms with van der Waals surface area (Å²) < 4.78 is 0. The minimum absolute atomic E-state index is 0.221. The Hall–Kier alpha value is -1.04. The van der Waals surface area contributed by atoms with E-state index in [1.165, 1.54) is 0 Å². The number of hydrogen-bond donors (Lipinski definition) is 1. The zero-order valence-corrected chi connectivity index (χ0v) is 8.88. The first-order valence-corrected chi connectivity index (χ1v) is 4.95. The van der Waals surface area contributed by atoms with E-state index in [2.05, 4.69) is 11.4 Å². The Morgan fingerprint density at radius 1 is 1.57 bits per heavy atom. The SMILES string of the molecule is CC(CC#N)NCc1cccc(Cl)c1. The minimum atomic E-state index is 0.221. The molecule has 0 amide bonds. The van der Waals surface area contributed by atoms with E-state index in [9.17, 15) is 0 Å². The predicted molar refractivity (Wildman–Crippen MR) is 58.0 cm³/mol. The zero-order valence-electron chi connectivity index (χ0n) is 8.13. The fourth-order valence-corrected chi connectivity index (χ4v) is 1.36. The topological polar surface area (TPSA) is 35.8 Å². The average Bonchev–Trinajstić information content (AvgIpc) is 2.15. The normalized spacial score (nSPS) is 12.1. The molecule has 0 spiro atoms. The second-order valence-corrected chi connectivity index (χ2v) is 3.71. The van der Waals surface area contributed by atoms with Crippen molar-refractivity contribution in [2.24, 2.45) is 0 Å². The lowest BCUT2D eigenvalue weighted by Gasteiger charge is -2.09. The van der Waals surface area contributed by atoms with Crippen LogP contribution in [-0.2, 0) is 6.54 Å². The number of halogens is 1. The van der Waals surface area contributed by atoms with Crippen molar-refractivity contribution >= 4 is 11.6 Å². The second kappa shape index (κ2) is 5.64. The highest BCUT2D eigenvalue weighted by Gasteiger charge is 2.00. The van der Waals surface area contributed by atoms with Gasteiger partial charge in [0.25, 0.3) is 0 Å². The summed E-state index contributed by atoms with van der Waals surface area (Å²) in [5, 5.41) is 12.5. The van der Waals surface area contributed by atoms with E-state index in [1.54, 1.807) is 0 Å². The molecule has 0 aliphatic heterocycles. The molecular weight excluding hydrogens is 196 g/mol. The van der Waals surface area contributed by atoms with Crippen LogP contribution >= 0.6 is 11.6 Å². The predicted octanol–water partition coefficient (Wildman–Crippen LogP) is 2.73. The molecule has 0 aromatic heterocycles. The van der Waals surface area contributed by atoms with Crippen molar-refractivity contribution in [3.8, 4) is 6.07 Å². The van der Waals surface area contributed by atoms with Crippen molar-refractivity contribution in [3.05, 3.63) is 34.9 Å². The van der Waals surface area contributed by atoms with Crippen LogP contribution in [0, 0.1) is 11.3 Å². The third kappa shape index (κ3) is 3.78. The van der Waals surface area contributed by atoms with Gasteiger partial charge in [0.05, 0.1) is 12.5 Å². The first-order valence-electron chi connectivity index (χ1n) is 4.57. The van der Waals surface area contributed by atoms with Gasteiger partial charge in [0.1, 0.15) is 0 Å². The molecule has 74 valence electrons. The summed E-state index contributed by atoms with van der Waals surface area (Å²) in [7, 11) is 0. The largest absolute Gasteiger partial charge is 0.309 e. The first-order chi connectivity index (χ1) is 6.72. The van der Waals surface area contributed by atoms with Crippen molar-refractivity contribution in [1.82, 2.24) is 5.32 Å². The first kappa shape index (κ1) is 11.0. The van der Waals surface area contributed by atoms with Crippen LogP contribution in [0.5, 0.6) is 0 Å². The molecule has 0 heterocycles. The van der Waals surface area contributed by atoms with Crippen molar-refractivity contribution in [1.29, 1.82) is 5.26 Å². The molecule has 14 heavy (non-hydrogen) atoms. The summed E-state index contributed by atoms with van der Waals surface area (Å²) in [4.78, 5) is 0. The van der Waals surface area contributed by atoms with E-state index in [0.29, 0.717) is 6.42 Å². The highest BCUT2D eigenvalue weighted by atomic mass is 35.5. The number of rotatable bonds is 4. The van der Waals surface area contributed by atoms with Crippen LogP contribution in [0.1, 0.15) is 18.9 Å². The van der Waals surface area contributed by atoms with Gasteiger partial charge >= 0.3 is 0 Å². The standard InChI is InChI=1S/C11H13ClN2/c1-9(5-6-13)14-8-10-3-2-4-11(12)7-10/h2-4,7,9,14H,5,8H2,1H3. The van der Waals surface area contributed by atoms with Crippen molar-refractivity contribution in [2.75, 3.05) is 0 Å². The maximum atomic E-state index is 8.47. The highest BCUT2D eigenvalue weighted by Crippen LogP contribution is 2.10. The van der Waals surface area contributed by atoms with E-state index < -0.39 is 0 Å². The maximum Gasteiger partial charge on any atom is 0.0638 e. The molecule has 0 saturated heterocycles. The van der Waals surface area contributed by atoms with Crippen LogP contribution in [0.2, 0.25) is 5.02 Å². The Labute approximate surface area is 89.5 Å². The number of nitrogens with zero attached hydrogens (tertiary/aromatic N) is 1. The van der Waals surface area contributed by atoms with Gasteiger partial charge in [-0.15, -0.1) is 0 Å². The number of benzene rings is 1. The van der Waals surface area contributed by atoms with E-state index in [1.807, 2.05) is 31.2 Å². The quantitative estimate of drug-likeness (QED) is 0.826. The fourth-order valence-electron chi connectivity index (χ4n) is 1.15. The number of hydrogen-bond acceptors (Lipinski definition) is 2. The van der Waals surface area contributed by atoms with Crippen molar-refractivity contribution in [2.45, 2.75) is 25.9 Å². The van der Waals surface area contributed by atoms with Gasteiger partial charge in [-0.25, -0.2) is 0 Å². The highest BCUT2D eigenvalue weighted by molar-refractivity contribution is 6.30. The average molecular weight is 209 g/mol. The van der Waals surface area contributed by atoms with Gasteiger partial charge in [0, 0.05) is 17.6 Å². The molecule has 1 unspecified atom stereocenters. The number of nitriles is 1. The third-order valence-corrected chi connectivity index (χ3v) is 2.18. The Bertz CT molecular complexity index is 330. The summed E-state index contributed by atoms with van der Waals surface area (Å²) in [5.41, 5.74) is 1.14. The van der Waals surface area contributed by atoms with Crippen molar-refractivity contribution in [3.63, 3.8) is 0 Å². The summed E-state index contributed by atoms with van der Waals surface area (Å²) in [5.74, 6) is 0. The Balaban J connectivity index is 2.42. The lowest BCUT2D eigenvalue weighted by atomic mass is 10.2. The summed E-state index contributed by atoms with van der Waals surface area (Å²) in [6.45, 7) is 2.75. The van der Waals surface area contributed by atoms with Gasteiger partial charge < -0.3 is 5.32 Å². The molecule has 0 fully saturated rings. The Kier molecular flexibility index (Phi) is 4.45. The van der Waals surface area contributed by atoms with Crippen molar-refractivity contribution < 1.29 is 0 Å². The molecule has 2 nitrogen and oxygen atoms in total. The molecule has 0 saturated carbocycles. The molecule has 0 aliphatic carbocycles. The zero-order chi connectivity index (χ0) is 10.4. The monoisotopic (exact) mass is 208 g/mol. The minimum Gasteiger partial charge on any atom is -0.309 e. The summed E-state index contributed by atoms with van der Waals surface area (Å²) in [6, 6.07) is 10.1. The molecule has 1 atom stereocenters. The van der Waals surface area contributed by atoms with E-state index >= 15 is 0 Å². The van der Waals surface area contributed by atoms with Gasteiger partial charge in [-0.05, 0) is 24.6 Å². The second-order valence-electron chi connectivity index (χ2n) is 3.27. The van der Waals surface area contributed by atoms with Gasteiger partial charge in [0.2, 0.25) is 0 Å². The van der Waals surface area contributed by atoms with Crippen LogP contribution in [0.4, 0.5) is 0 Å². The summed E-state index contributed by atoms with van der Waals surface area (Å²) in [6.07, 6.45) is 0.528. The van der Waals surface area contributed by atoms with Gasteiger partial charge in [-0.2, -0.15) is 5.26 Å². The Morgan fingerprint density at radius 3 is 3.00 bits per heavy atom. The van der Waals surface area contributed by atoms with Gasteiger partial charge in [-0.3, -0.25) is 0 Å². The molecule has 0 radical (unpaired) electrons. The van der Waals surface area contributed by atoms with Crippen LogP contribution in [-0.4, -0.2) is 6.04 Å². The molecular formula is C11H13ClN2. The number of nitrogens with one attached hydrogen (secondary N) is 1. The maximum absolute atomic E-state index is 8.47. The molecule has 1 aromatic rings. The Morgan fingerprint density at radius 2 is 2.36 bits per heavy atom. The van der Waals surface area contributed by atoms with Crippen LogP contribution in [0.3, 0.4) is 0 Å². The van der Waals surface area contributed by atoms with Gasteiger partial charge in [-0.1, -0.05) is 23.7 Å². The molecule has 3 heteroatoms. The van der Waals surface area contributed by atoms with Gasteiger partial charge in [0.15, 0.2) is 0 Å². The molecule has 0 bridgehead atoms. The summed E-state index contributed by atoms with van der Waals surface area (Å²) >= 11 is 5.84. The van der Waals surface area contributed by atoms with Crippen LogP contribution < -0.4 is 5.32 Å². The van der Waals surface area contributed by atoms with E-state index in [0.717, 1.165) is 17.1 Å². The molecule has 0 aliphatic rings. The third-order valence-electron chi connectivity index (χ3n) is 1.94. The van der Waals surface area contributed by atoms with Crippen LogP contribution in [0.15, 0.2) is 24.3 Å².